The lowest BCUT2D eigenvalue weighted by molar-refractivity contribution is 0.348. The lowest BCUT2D eigenvalue weighted by Crippen LogP contribution is -2.40. The summed E-state index contributed by atoms with van der Waals surface area (Å²) in [4.78, 5) is 0.979. The molecule has 0 saturated carbocycles. The second-order valence-corrected chi connectivity index (χ2v) is 7.27. The van der Waals surface area contributed by atoms with Crippen molar-refractivity contribution in [3.63, 3.8) is 0 Å². The predicted octanol–water partition coefficient (Wildman–Crippen LogP) is 2.20. The fraction of sp³-hybridized carbons (Fsp3) is 0.545. The Balaban J connectivity index is 2.99. The molecule has 94 valence electrons. The predicted molar refractivity (Wildman–Crippen MR) is 69.0 cm³/mol. The van der Waals surface area contributed by atoms with E-state index in [0.29, 0.717) is 6.54 Å². The van der Waals surface area contributed by atoms with Crippen LogP contribution in [0, 0.1) is 11.3 Å². The van der Waals surface area contributed by atoms with E-state index in [1.165, 1.54) is 22.6 Å². The highest BCUT2D eigenvalue weighted by Gasteiger charge is 2.30. The number of sulfonamides is 1. The molecule has 0 aliphatic carbocycles. The fourth-order valence-electron chi connectivity index (χ4n) is 1.39. The smallest absolute Gasteiger partial charge is 0.211 e. The normalized spacial score (nSPS) is 13.9. The second kappa shape index (κ2) is 5.63. The van der Waals surface area contributed by atoms with Gasteiger partial charge in [0.15, 0.2) is 5.25 Å². The molecule has 17 heavy (non-hydrogen) atoms. The Hall–Kier alpha value is -0.900. The summed E-state index contributed by atoms with van der Waals surface area (Å²) < 4.78 is 25.7. The molecule has 0 fully saturated rings. The Morgan fingerprint density at radius 3 is 2.53 bits per heavy atom. The van der Waals surface area contributed by atoms with E-state index >= 15 is 0 Å². The Labute approximate surface area is 107 Å². The standard InChI is InChI=1S/C11H16N2O2S2/c1-9(2)13(8-11-5-4-6-16-11)17(14,15)10(3)7-12/h4-6,9-10H,8H2,1-3H3. The van der Waals surface area contributed by atoms with Gasteiger partial charge in [-0.1, -0.05) is 6.07 Å². The topological polar surface area (TPSA) is 61.2 Å². The van der Waals surface area contributed by atoms with Crippen molar-refractivity contribution in [2.45, 2.75) is 38.6 Å². The molecule has 4 nitrogen and oxygen atoms in total. The van der Waals surface area contributed by atoms with Gasteiger partial charge in [0.05, 0.1) is 6.07 Å². The number of hydrogen-bond donors (Lipinski definition) is 0. The summed E-state index contributed by atoms with van der Waals surface area (Å²) in [5.41, 5.74) is 0. The third-order valence-corrected chi connectivity index (χ3v) is 5.49. The van der Waals surface area contributed by atoms with Crippen molar-refractivity contribution < 1.29 is 8.42 Å². The molecule has 0 aromatic carbocycles. The maximum Gasteiger partial charge on any atom is 0.230 e. The van der Waals surface area contributed by atoms with Gasteiger partial charge in [0, 0.05) is 17.5 Å². The zero-order chi connectivity index (χ0) is 13.1. The first-order valence-electron chi connectivity index (χ1n) is 5.32. The molecule has 0 N–H and O–H groups in total. The highest BCUT2D eigenvalue weighted by atomic mass is 32.2. The van der Waals surface area contributed by atoms with Crippen LogP contribution in [-0.2, 0) is 16.6 Å². The van der Waals surface area contributed by atoms with E-state index in [0.717, 1.165) is 4.88 Å². The Bertz CT molecular complexity index is 486. The summed E-state index contributed by atoms with van der Waals surface area (Å²) in [6.07, 6.45) is 0. The van der Waals surface area contributed by atoms with E-state index < -0.39 is 15.3 Å². The van der Waals surface area contributed by atoms with Crippen molar-refractivity contribution in [1.29, 1.82) is 5.26 Å². The van der Waals surface area contributed by atoms with Gasteiger partial charge in [0.1, 0.15) is 0 Å². The number of nitriles is 1. The summed E-state index contributed by atoms with van der Waals surface area (Å²) in [7, 11) is -3.55. The minimum atomic E-state index is -3.55. The van der Waals surface area contributed by atoms with E-state index in [1.807, 2.05) is 31.4 Å². The van der Waals surface area contributed by atoms with Gasteiger partial charge < -0.3 is 0 Å². The van der Waals surface area contributed by atoms with Crippen LogP contribution in [0.4, 0.5) is 0 Å². The van der Waals surface area contributed by atoms with E-state index in [1.54, 1.807) is 6.07 Å². The van der Waals surface area contributed by atoms with Gasteiger partial charge >= 0.3 is 0 Å². The SMILES string of the molecule is CC(C)N(Cc1cccs1)S(=O)(=O)C(C)C#N. The van der Waals surface area contributed by atoms with Crippen LogP contribution in [0.2, 0.25) is 0 Å². The first-order valence-corrected chi connectivity index (χ1v) is 7.70. The molecule has 0 spiro atoms. The van der Waals surface area contributed by atoms with E-state index in [4.69, 9.17) is 5.26 Å². The summed E-state index contributed by atoms with van der Waals surface area (Å²) >= 11 is 1.52. The van der Waals surface area contributed by atoms with Crippen molar-refractivity contribution in [3.05, 3.63) is 22.4 Å². The maximum atomic E-state index is 12.1. The van der Waals surface area contributed by atoms with Gasteiger partial charge in [-0.25, -0.2) is 8.42 Å². The molecule has 1 aromatic heterocycles. The highest BCUT2D eigenvalue weighted by Crippen LogP contribution is 2.19. The third kappa shape index (κ3) is 3.28. The van der Waals surface area contributed by atoms with Gasteiger partial charge in [0.2, 0.25) is 10.0 Å². The van der Waals surface area contributed by atoms with Gasteiger partial charge in [0.25, 0.3) is 0 Å². The molecule has 0 aliphatic heterocycles. The first kappa shape index (κ1) is 14.2. The van der Waals surface area contributed by atoms with Crippen LogP contribution in [0.1, 0.15) is 25.6 Å². The van der Waals surface area contributed by atoms with Crippen molar-refractivity contribution in [3.8, 4) is 6.07 Å². The van der Waals surface area contributed by atoms with E-state index in [-0.39, 0.29) is 6.04 Å². The van der Waals surface area contributed by atoms with Crippen molar-refractivity contribution in [1.82, 2.24) is 4.31 Å². The second-order valence-electron chi connectivity index (χ2n) is 4.03. The van der Waals surface area contributed by atoms with E-state index in [2.05, 4.69) is 0 Å². The molecular formula is C11H16N2O2S2. The van der Waals surface area contributed by atoms with E-state index in [9.17, 15) is 8.42 Å². The van der Waals surface area contributed by atoms with Crippen LogP contribution in [0.3, 0.4) is 0 Å². The largest absolute Gasteiger partial charge is 0.230 e. The van der Waals surface area contributed by atoms with Crippen LogP contribution in [0.5, 0.6) is 0 Å². The van der Waals surface area contributed by atoms with Gasteiger partial charge in [-0.3, -0.25) is 0 Å². The molecule has 1 atom stereocenters. The zero-order valence-corrected chi connectivity index (χ0v) is 11.8. The molecule has 0 radical (unpaired) electrons. The minimum Gasteiger partial charge on any atom is -0.211 e. The Morgan fingerprint density at radius 2 is 2.12 bits per heavy atom. The number of thiophene rings is 1. The van der Waals surface area contributed by atoms with Crippen molar-refractivity contribution in [2.24, 2.45) is 0 Å². The van der Waals surface area contributed by atoms with Crippen LogP contribution < -0.4 is 0 Å². The maximum absolute atomic E-state index is 12.1. The van der Waals surface area contributed by atoms with Gasteiger partial charge in [-0.05, 0) is 32.2 Å². The third-order valence-electron chi connectivity index (χ3n) is 2.42. The molecule has 0 aliphatic rings. The molecule has 1 rings (SSSR count). The average Bonchev–Trinajstić information content (AvgIpc) is 2.76. The van der Waals surface area contributed by atoms with Crippen LogP contribution in [-0.4, -0.2) is 24.0 Å². The summed E-state index contributed by atoms with van der Waals surface area (Å²) in [6.45, 7) is 5.38. The first-order chi connectivity index (χ1) is 7.89. The summed E-state index contributed by atoms with van der Waals surface area (Å²) in [6, 6.07) is 5.42. The van der Waals surface area contributed by atoms with Gasteiger partial charge in [-0.2, -0.15) is 9.57 Å². The molecule has 0 saturated heterocycles. The molecule has 0 amide bonds. The zero-order valence-electron chi connectivity index (χ0n) is 10.1. The molecule has 1 heterocycles. The van der Waals surface area contributed by atoms with Crippen LogP contribution >= 0.6 is 11.3 Å². The minimum absolute atomic E-state index is 0.155. The number of nitrogens with zero attached hydrogens (tertiary/aromatic N) is 2. The molecule has 6 heteroatoms. The summed E-state index contributed by atoms with van der Waals surface area (Å²) in [5, 5.41) is 9.68. The van der Waals surface area contributed by atoms with Crippen molar-refractivity contribution in [2.75, 3.05) is 0 Å². The highest BCUT2D eigenvalue weighted by molar-refractivity contribution is 7.89. The molecule has 1 aromatic rings. The monoisotopic (exact) mass is 272 g/mol. The van der Waals surface area contributed by atoms with Gasteiger partial charge in [-0.15, -0.1) is 11.3 Å². The van der Waals surface area contributed by atoms with Crippen molar-refractivity contribution >= 4 is 21.4 Å². The quantitative estimate of drug-likeness (QED) is 0.825. The number of rotatable bonds is 5. The number of hydrogen-bond acceptors (Lipinski definition) is 4. The Morgan fingerprint density at radius 1 is 1.47 bits per heavy atom. The fourth-order valence-corrected chi connectivity index (χ4v) is 3.62. The molecular weight excluding hydrogens is 256 g/mol. The van der Waals surface area contributed by atoms with Crippen LogP contribution in [0.25, 0.3) is 0 Å². The summed E-state index contributed by atoms with van der Waals surface area (Å²) in [5.74, 6) is 0. The molecule has 0 bridgehead atoms. The molecule has 1 unspecified atom stereocenters. The lowest BCUT2D eigenvalue weighted by atomic mass is 10.4. The average molecular weight is 272 g/mol. The Kier molecular flexibility index (Phi) is 4.69. The lowest BCUT2D eigenvalue weighted by Gasteiger charge is -2.26. The van der Waals surface area contributed by atoms with Crippen LogP contribution in [0.15, 0.2) is 17.5 Å².